The zero-order valence-corrected chi connectivity index (χ0v) is 21.0. The second kappa shape index (κ2) is 10.2. The Balaban J connectivity index is 1.26. The van der Waals surface area contributed by atoms with E-state index in [0.29, 0.717) is 13.0 Å². The highest BCUT2D eigenvalue weighted by Crippen LogP contribution is 2.34. The van der Waals surface area contributed by atoms with Crippen molar-refractivity contribution in [2.24, 2.45) is 0 Å². The monoisotopic (exact) mass is 498 g/mol. The lowest BCUT2D eigenvalue weighted by molar-refractivity contribution is -0.120. The highest BCUT2D eigenvalue weighted by molar-refractivity contribution is 5.98. The molecule has 0 fully saturated rings. The highest BCUT2D eigenvalue weighted by Gasteiger charge is 2.15. The molecule has 1 amide bonds. The van der Waals surface area contributed by atoms with E-state index < -0.39 is 0 Å². The average molecular weight is 499 g/mol. The summed E-state index contributed by atoms with van der Waals surface area (Å²) in [7, 11) is 0. The Morgan fingerprint density at radius 2 is 1.74 bits per heavy atom. The highest BCUT2D eigenvalue weighted by atomic mass is 16.1. The van der Waals surface area contributed by atoms with Gasteiger partial charge in [0.1, 0.15) is 5.82 Å². The number of fused-ring (bicyclic) bond motifs is 3. The van der Waals surface area contributed by atoms with E-state index in [2.05, 4.69) is 63.0 Å². The van der Waals surface area contributed by atoms with Crippen molar-refractivity contribution in [2.75, 3.05) is 6.54 Å². The minimum atomic E-state index is -0.000497. The molecule has 186 valence electrons. The summed E-state index contributed by atoms with van der Waals surface area (Å²) in [6.45, 7) is 2.52. The second-order valence-electron chi connectivity index (χ2n) is 9.27. The van der Waals surface area contributed by atoms with Gasteiger partial charge in [-0.15, -0.1) is 10.2 Å². The van der Waals surface area contributed by atoms with Crippen LogP contribution in [0.5, 0.6) is 0 Å². The first-order valence-corrected chi connectivity index (χ1v) is 12.6. The van der Waals surface area contributed by atoms with E-state index in [1.807, 2.05) is 53.9 Å². The number of aromatic nitrogens is 5. The predicted molar refractivity (Wildman–Crippen MR) is 149 cm³/mol. The number of carbonyl (C=O) groups excluding carboxylic acids is 1. The summed E-state index contributed by atoms with van der Waals surface area (Å²) in [6, 6.07) is 26.6. The molecule has 0 bridgehead atoms. The Morgan fingerprint density at radius 1 is 0.895 bits per heavy atom. The summed E-state index contributed by atoms with van der Waals surface area (Å²) in [5.41, 5.74) is 7.83. The molecule has 7 nitrogen and oxygen atoms in total. The Labute approximate surface area is 220 Å². The van der Waals surface area contributed by atoms with Gasteiger partial charge in [-0.05, 0) is 48.2 Å². The molecule has 4 heterocycles. The van der Waals surface area contributed by atoms with Crippen LogP contribution in [-0.4, -0.2) is 37.0 Å². The number of hydrogen-bond donors (Lipinski definition) is 1. The lowest BCUT2D eigenvalue weighted by atomic mass is 9.97. The van der Waals surface area contributed by atoms with Crippen molar-refractivity contribution in [1.29, 1.82) is 0 Å². The Bertz CT molecular complexity index is 1730. The lowest BCUT2D eigenvalue weighted by Crippen LogP contribution is -2.27. The molecule has 0 atom stereocenters. The number of rotatable bonds is 7. The summed E-state index contributed by atoms with van der Waals surface area (Å²) >= 11 is 0. The Kier molecular flexibility index (Phi) is 6.32. The van der Waals surface area contributed by atoms with Gasteiger partial charge in [-0.25, -0.2) is 4.98 Å². The van der Waals surface area contributed by atoms with Crippen molar-refractivity contribution in [1.82, 2.24) is 29.9 Å². The molecule has 4 aromatic heterocycles. The van der Waals surface area contributed by atoms with Gasteiger partial charge >= 0.3 is 0 Å². The maximum atomic E-state index is 12.2. The number of nitrogens with one attached hydrogen (secondary N) is 1. The first-order chi connectivity index (χ1) is 18.7. The zero-order valence-electron chi connectivity index (χ0n) is 21.0. The summed E-state index contributed by atoms with van der Waals surface area (Å²) in [4.78, 5) is 21.4. The van der Waals surface area contributed by atoms with E-state index >= 15 is 0 Å². The minimum absolute atomic E-state index is 0.000497. The third kappa shape index (κ3) is 4.74. The van der Waals surface area contributed by atoms with Crippen LogP contribution in [0.3, 0.4) is 0 Å². The number of carbonyl (C=O) groups is 1. The molecule has 0 radical (unpaired) electrons. The zero-order chi connectivity index (χ0) is 25.9. The number of pyridine rings is 3. The molecule has 0 aliphatic heterocycles. The molecule has 0 saturated heterocycles. The third-order valence-corrected chi connectivity index (χ3v) is 6.68. The molecule has 6 rings (SSSR count). The summed E-state index contributed by atoms with van der Waals surface area (Å²) in [5.74, 6) is 0.843. The van der Waals surface area contributed by atoms with Crippen molar-refractivity contribution in [2.45, 2.75) is 19.8 Å². The predicted octanol–water partition coefficient (Wildman–Crippen LogP) is 5.22. The van der Waals surface area contributed by atoms with Crippen LogP contribution in [-0.2, 0) is 17.6 Å². The SMILES string of the molecule is Cc1nnc2c3cc(-c4ccccc4)c(-c4ccc(CCNC(=O)Cc5cccnc5)cc4)nc3ccn12. The van der Waals surface area contributed by atoms with E-state index in [0.717, 1.165) is 62.3 Å². The van der Waals surface area contributed by atoms with Crippen molar-refractivity contribution >= 4 is 22.5 Å². The normalized spacial score (nSPS) is 11.2. The summed E-state index contributed by atoms with van der Waals surface area (Å²) in [5, 5.41) is 12.6. The van der Waals surface area contributed by atoms with Gasteiger partial charge in [0.25, 0.3) is 0 Å². The molecule has 1 N–H and O–H groups in total. The number of nitrogens with zero attached hydrogens (tertiary/aromatic N) is 5. The largest absolute Gasteiger partial charge is 0.355 e. The van der Waals surface area contributed by atoms with Crippen LogP contribution in [0.2, 0.25) is 0 Å². The van der Waals surface area contributed by atoms with E-state index in [9.17, 15) is 4.79 Å². The Hall–Kier alpha value is -4.91. The average Bonchev–Trinajstić information content (AvgIpc) is 3.34. The van der Waals surface area contributed by atoms with Crippen LogP contribution in [0.15, 0.2) is 97.5 Å². The maximum Gasteiger partial charge on any atom is 0.224 e. The molecule has 7 heteroatoms. The number of hydrogen-bond acceptors (Lipinski definition) is 5. The van der Waals surface area contributed by atoms with Gasteiger partial charge in [-0.2, -0.15) is 0 Å². The van der Waals surface area contributed by atoms with Gasteiger partial charge in [0, 0.05) is 41.6 Å². The standard InChI is InChI=1S/C31H26N6O/c1-21-35-36-31-27-19-26(24-7-3-2-4-8-24)30(34-28(27)14-17-37(21)31)25-11-9-22(10-12-25)13-16-33-29(38)18-23-6-5-15-32-20-23/h2-12,14-15,17,19-20H,13,16,18H2,1H3,(H,33,38). The maximum absolute atomic E-state index is 12.2. The van der Waals surface area contributed by atoms with Gasteiger partial charge in [0.15, 0.2) is 5.65 Å². The van der Waals surface area contributed by atoms with E-state index in [1.165, 1.54) is 0 Å². The minimum Gasteiger partial charge on any atom is -0.355 e. The van der Waals surface area contributed by atoms with Crippen LogP contribution in [0.4, 0.5) is 0 Å². The fraction of sp³-hybridized carbons (Fsp3) is 0.129. The van der Waals surface area contributed by atoms with E-state index in [1.54, 1.807) is 12.4 Å². The molecule has 2 aromatic carbocycles. The molecule has 0 saturated carbocycles. The summed E-state index contributed by atoms with van der Waals surface area (Å²) in [6.07, 6.45) is 6.48. The first-order valence-electron chi connectivity index (χ1n) is 12.6. The van der Waals surface area contributed by atoms with Gasteiger partial charge in [-0.3, -0.25) is 14.2 Å². The van der Waals surface area contributed by atoms with Crippen LogP contribution < -0.4 is 5.32 Å². The smallest absolute Gasteiger partial charge is 0.224 e. The fourth-order valence-electron chi connectivity index (χ4n) is 4.69. The molecule has 0 aliphatic rings. The third-order valence-electron chi connectivity index (χ3n) is 6.68. The van der Waals surface area contributed by atoms with Crippen molar-refractivity contribution in [3.8, 4) is 22.4 Å². The lowest BCUT2D eigenvalue weighted by Gasteiger charge is -2.13. The van der Waals surface area contributed by atoms with Gasteiger partial charge in [0.05, 0.1) is 17.6 Å². The van der Waals surface area contributed by atoms with Crippen LogP contribution in [0.25, 0.3) is 38.9 Å². The van der Waals surface area contributed by atoms with Crippen molar-refractivity contribution in [3.63, 3.8) is 0 Å². The topological polar surface area (TPSA) is 85.1 Å². The van der Waals surface area contributed by atoms with Gasteiger partial charge < -0.3 is 5.32 Å². The number of amides is 1. The number of benzene rings is 2. The molecular formula is C31H26N6O. The van der Waals surface area contributed by atoms with E-state index in [-0.39, 0.29) is 5.91 Å². The molecule has 6 aromatic rings. The first kappa shape index (κ1) is 23.5. The van der Waals surface area contributed by atoms with E-state index in [4.69, 9.17) is 4.98 Å². The Morgan fingerprint density at radius 3 is 2.53 bits per heavy atom. The molecule has 0 aliphatic carbocycles. The molecular weight excluding hydrogens is 472 g/mol. The second-order valence-corrected chi connectivity index (χ2v) is 9.27. The summed E-state index contributed by atoms with van der Waals surface area (Å²) < 4.78 is 1.99. The molecule has 38 heavy (non-hydrogen) atoms. The van der Waals surface area contributed by atoms with Crippen LogP contribution in [0, 0.1) is 6.92 Å². The number of aryl methyl sites for hydroxylation is 1. The molecule has 0 unspecified atom stereocenters. The van der Waals surface area contributed by atoms with Crippen LogP contribution >= 0.6 is 0 Å². The van der Waals surface area contributed by atoms with Crippen molar-refractivity contribution < 1.29 is 4.79 Å². The quantitative estimate of drug-likeness (QED) is 0.326. The fourth-order valence-corrected chi connectivity index (χ4v) is 4.69. The van der Waals surface area contributed by atoms with Gasteiger partial charge in [-0.1, -0.05) is 60.7 Å². The van der Waals surface area contributed by atoms with Crippen molar-refractivity contribution in [3.05, 3.63) is 114 Å². The van der Waals surface area contributed by atoms with Crippen LogP contribution in [0.1, 0.15) is 17.0 Å². The van der Waals surface area contributed by atoms with Gasteiger partial charge in [0.2, 0.25) is 5.91 Å². The molecule has 0 spiro atoms.